The molecule has 4 rings (SSSR count). The third-order valence-electron chi connectivity index (χ3n) is 5.19. The second-order valence-electron chi connectivity index (χ2n) is 7.54. The number of likely N-dealkylation sites (N-methyl/N-ethyl adjacent to an activating group) is 1. The van der Waals surface area contributed by atoms with Crippen LogP contribution < -0.4 is 4.90 Å². The van der Waals surface area contributed by atoms with E-state index < -0.39 is 0 Å². The molecular formula is C18H27N5O2. The standard InChI is InChI=1S/C18H27N5O2/c1-12(2)15-7-16(20-11-19-15)22-8-13-5-6-14(9-22)23(18(13)25)10-17(24)21(3)4/h7,11-14H,5-6,8-10H2,1-4H3/t13-,14+/m0/s1. The predicted octanol–water partition coefficient (Wildman–Crippen LogP) is 1.12. The van der Waals surface area contributed by atoms with Crippen molar-refractivity contribution < 1.29 is 9.59 Å². The first-order valence-electron chi connectivity index (χ1n) is 8.94. The van der Waals surface area contributed by atoms with Crippen LogP contribution in [0.25, 0.3) is 0 Å². The summed E-state index contributed by atoms with van der Waals surface area (Å²) in [5.74, 6) is 1.22. The summed E-state index contributed by atoms with van der Waals surface area (Å²) in [5.41, 5.74) is 1.01. The lowest BCUT2D eigenvalue weighted by Gasteiger charge is -2.35. The number of amides is 2. The number of hydrogen-bond acceptors (Lipinski definition) is 5. The molecule has 136 valence electrons. The molecule has 0 aromatic carbocycles. The van der Waals surface area contributed by atoms with Crippen molar-refractivity contribution in [2.45, 2.75) is 38.6 Å². The number of nitrogens with zero attached hydrogens (tertiary/aromatic N) is 5. The van der Waals surface area contributed by atoms with E-state index in [1.807, 2.05) is 6.07 Å². The van der Waals surface area contributed by atoms with Gasteiger partial charge in [-0.3, -0.25) is 9.59 Å². The maximum absolute atomic E-state index is 12.8. The molecule has 2 atom stereocenters. The molecule has 0 radical (unpaired) electrons. The van der Waals surface area contributed by atoms with E-state index in [-0.39, 0.29) is 30.3 Å². The van der Waals surface area contributed by atoms with E-state index in [2.05, 4.69) is 28.7 Å². The Hall–Kier alpha value is -2.18. The van der Waals surface area contributed by atoms with Crippen LogP contribution in [0.15, 0.2) is 12.4 Å². The fraction of sp³-hybridized carbons (Fsp3) is 0.667. The van der Waals surface area contributed by atoms with Gasteiger partial charge in [0, 0.05) is 45.0 Å². The molecule has 1 aromatic heterocycles. The van der Waals surface area contributed by atoms with Crippen LogP contribution in [0.1, 0.15) is 38.3 Å². The zero-order chi connectivity index (χ0) is 18.1. The second kappa shape index (κ2) is 6.98. The van der Waals surface area contributed by atoms with Crippen LogP contribution >= 0.6 is 0 Å². The first-order chi connectivity index (χ1) is 11.9. The molecule has 3 aliphatic rings. The molecule has 2 amide bonds. The maximum atomic E-state index is 12.8. The first kappa shape index (κ1) is 17.6. The highest BCUT2D eigenvalue weighted by molar-refractivity contribution is 5.87. The highest BCUT2D eigenvalue weighted by Crippen LogP contribution is 2.31. The van der Waals surface area contributed by atoms with Gasteiger partial charge < -0.3 is 14.7 Å². The number of piperidine rings is 1. The molecular weight excluding hydrogens is 318 g/mol. The summed E-state index contributed by atoms with van der Waals surface area (Å²) in [6, 6.07) is 2.09. The molecule has 0 saturated carbocycles. The normalized spacial score (nSPS) is 23.2. The number of aromatic nitrogens is 2. The lowest BCUT2D eigenvalue weighted by atomic mass is 9.94. The summed E-state index contributed by atoms with van der Waals surface area (Å²) >= 11 is 0. The fourth-order valence-corrected chi connectivity index (χ4v) is 3.57. The quantitative estimate of drug-likeness (QED) is 0.818. The summed E-state index contributed by atoms with van der Waals surface area (Å²) in [5, 5.41) is 0. The Morgan fingerprint density at radius 3 is 2.72 bits per heavy atom. The average Bonchev–Trinajstić information content (AvgIpc) is 2.87. The third kappa shape index (κ3) is 3.60. The molecule has 0 aliphatic carbocycles. The summed E-state index contributed by atoms with van der Waals surface area (Å²) in [7, 11) is 3.45. The summed E-state index contributed by atoms with van der Waals surface area (Å²) in [4.78, 5) is 39.2. The van der Waals surface area contributed by atoms with Crippen molar-refractivity contribution in [3.8, 4) is 0 Å². The lowest BCUT2D eigenvalue weighted by Crippen LogP contribution is -2.51. The number of rotatable bonds is 4. The van der Waals surface area contributed by atoms with Gasteiger partial charge in [0.1, 0.15) is 18.7 Å². The monoisotopic (exact) mass is 345 g/mol. The van der Waals surface area contributed by atoms with Crippen molar-refractivity contribution in [2.24, 2.45) is 5.92 Å². The molecule has 0 spiro atoms. The minimum absolute atomic E-state index is 0.0309. The minimum atomic E-state index is -0.0637. The van der Waals surface area contributed by atoms with Crippen LogP contribution in [0.3, 0.4) is 0 Å². The van der Waals surface area contributed by atoms with Crippen LogP contribution in [0, 0.1) is 5.92 Å². The SMILES string of the molecule is CC(C)c1cc(N2C[C@@H]3CC[C@H](C2)N(CC(=O)N(C)C)C3=O)ncn1. The van der Waals surface area contributed by atoms with Gasteiger partial charge in [-0.1, -0.05) is 13.8 Å². The van der Waals surface area contributed by atoms with Crippen LogP contribution in [-0.2, 0) is 9.59 Å². The Bertz CT molecular complexity index is 661. The number of carbonyl (C=O) groups is 2. The first-order valence-corrected chi connectivity index (χ1v) is 8.94. The predicted molar refractivity (Wildman–Crippen MR) is 95.3 cm³/mol. The Morgan fingerprint density at radius 1 is 1.28 bits per heavy atom. The molecule has 7 heteroatoms. The van der Waals surface area contributed by atoms with Gasteiger partial charge in [-0.2, -0.15) is 0 Å². The molecule has 0 unspecified atom stereocenters. The number of carbonyl (C=O) groups excluding carboxylic acids is 2. The number of anilines is 1. The van der Waals surface area contributed by atoms with E-state index in [4.69, 9.17) is 0 Å². The summed E-state index contributed by atoms with van der Waals surface area (Å²) in [6.07, 6.45) is 3.43. The maximum Gasteiger partial charge on any atom is 0.241 e. The molecule has 3 aliphatic heterocycles. The van der Waals surface area contributed by atoms with Gasteiger partial charge in [-0.15, -0.1) is 0 Å². The highest BCUT2D eigenvalue weighted by Gasteiger charge is 2.41. The molecule has 0 N–H and O–H groups in total. The van der Waals surface area contributed by atoms with Gasteiger partial charge >= 0.3 is 0 Å². The second-order valence-corrected chi connectivity index (χ2v) is 7.54. The molecule has 7 nitrogen and oxygen atoms in total. The van der Waals surface area contributed by atoms with Crippen molar-refractivity contribution in [1.29, 1.82) is 0 Å². The van der Waals surface area contributed by atoms with E-state index in [1.165, 1.54) is 0 Å². The van der Waals surface area contributed by atoms with Crippen molar-refractivity contribution in [1.82, 2.24) is 19.8 Å². The van der Waals surface area contributed by atoms with Crippen LogP contribution in [0.4, 0.5) is 5.82 Å². The zero-order valence-corrected chi connectivity index (χ0v) is 15.5. The van der Waals surface area contributed by atoms with Crippen molar-refractivity contribution in [3.63, 3.8) is 0 Å². The van der Waals surface area contributed by atoms with Gasteiger partial charge in [0.15, 0.2) is 0 Å². The molecule has 4 heterocycles. The Balaban J connectivity index is 1.82. The van der Waals surface area contributed by atoms with Gasteiger partial charge in [0.25, 0.3) is 0 Å². The molecule has 2 bridgehead atoms. The highest BCUT2D eigenvalue weighted by atomic mass is 16.2. The summed E-state index contributed by atoms with van der Waals surface area (Å²) in [6.45, 7) is 5.77. The number of hydrogen-bond donors (Lipinski definition) is 0. The zero-order valence-electron chi connectivity index (χ0n) is 15.5. The largest absolute Gasteiger partial charge is 0.354 e. The molecule has 25 heavy (non-hydrogen) atoms. The van der Waals surface area contributed by atoms with Crippen LogP contribution in [0.2, 0.25) is 0 Å². The van der Waals surface area contributed by atoms with E-state index in [0.717, 1.165) is 30.9 Å². The van der Waals surface area contributed by atoms with Crippen molar-refractivity contribution in [2.75, 3.05) is 38.6 Å². The Kier molecular flexibility index (Phi) is 4.92. The van der Waals surface area contributed by atoms with Gasteiger partial charge in [-0.25, -0.2) is 9.97 Å². The summed E-state index contributed by atoms with van der Waals surface area (Å²) < 4.78 is 0. The fourth-order valence-electron chi connectivity index (χ4n) is 3.57. The van der Waals surface area contributed by atoms with E-state index in [1.54, 1.807) is 30.2 Å². The minimum Gasteiger partial charge on any atom is -0.354 e. The van der Waals surface area contributed by atoms with Crippen molar-refractivity contribution >= 4 is 17.6 Å². The molecule has 1 aromatic rings. The van der Waals surface area contributed by atoms with E-state index in [9.17, 15) is 9.59 Å². The van der Waals surface area contributed by atoms with E-state index in [0.29, 0.717) is 12.5 Å². The van der Waals surface area contributed by atoms with Crippen LogP contribution in [-0.4, -0.2) is 71.4 Å². The smallest absolute Gasteiger partial charge is 0.241 e. The number of fused-ring (bicyclic) bond motifs is 4. The molecule has 3 fully saturated rings. The molecule has 3 saturated heterocycles. The third-order valence-corrected chi connectivity index (χ3v) is 5.19. The average molecular weight is 345 g/mol. The van der Waals surface area contributed by atoms with Gasteiger partial charge in [-0.05, 0) is 18.8 Å². The Morgan fingerprint density at radius 2 is 2.04 bits per heavy atom. The van der Waals surface area contributed by atoms with Crippen LogP contribution in [0.5, 0.6) is 0 Å². The van der Waals surface area contributed by atoms with E-state index >= 15 is 0 Å². The Labute approximate surface area is 149 Å². The topological polar surface area (TPSA) is 69.6 Å². The van der Waals surface area contributed by atoms with Gasteiger partial charge in [0.2, 0.25) is 11.8 Å². The van der Waals surface area contributed by atoms with Gasteiger partial charge in [0.05, 0.1) is 5.92 Å². The van der Waals surface area contributed by atoms with Crippen molar-refractivity contribution in [3.05, 3.63) is 18.1 Å². The lowest BCUT2D eigenvalue weighted by molar-refractivity contribution is -0.145.